The van der Waals surface area contributed by atoms with E-state index in [0.717, 1.165) is 0 Å². The Morgan fingerprint density at radius 3 is 1.38 bits per heavy atom. The van der Waals surface area contributed by atoms with Crippen LogP contribution in [0.1, 0.15) is 19.3 Å². The van der Waals surface area contributed by atoms with Gasteiger partial charge in [-0.1, -0.05) is 0 Å². The Morgan fingerprint density at radius 1 is 0.619 bits per heavy atom. The summed E-state index contributed by atoms with van der Waals surface area (Å²) in [6, 6.07) is 0. The quantitative estimate of drug-likeness (QED) is 0.229. The molecule has 21 heavy (non-hydrogen) atoms. The van der Waals surface area contributed by atoms with Crippen LogP contribution in [0.5, 0.6) is 0 Å². The highest BCUT2D eigenvalue weighted by molar-refractivity contribution is 5.18. The molecule has 0 heterocycles. The van der Waals surface area contributed by atoms with Crippen molar-refractivity contribution in [2.45, 2.75) is 73.2 Å². The van der Waals surface area contributed by atoms with Gasteiger partial charge in [-0.25, -0.2) is 0 Å². The lowest BCUT2D eigenvalue weighted by molar-refractivity contribution is -0.330. The molecule has 6 atom stereocenters. The molecular formula is C12H22O9. The molecule has 2 saturated carbocycles. The molecule has 2 fully saturated rings. The second-order valence-corrected chi connectivity index (χ2v) is 6.17. The zero-order valence-electron chi connectivity index (χ0n) is 11.2. The summed E-state index contributed by atoms with van der Waals surface area (Å²) in [6.45, 7) is 0. The molecule has 0 aromatic heterocycles. The van der Waals surface area contributed by atoms with E-state index >= 15 is 0 Å². The lowest BCUT2D eigenvalue weighted by Gasteiger charge is -2.56. The fraction of sp³-hybridized carbons (Fsp3) is 1.00. The van der Waals surface area contributed by atoms with Gasteiger partial charge in [0.25, 0.3) is 0 Å². The van der Waals surface area contributed by atoms with Crippen molar-refractivity contribution in [1.82, 2.24) is 0 Å². The summed E-state index contributed by atoms with van der Waals surface area (Å²) in [5, 5.41) is 89.3. The van der Waals surface area contributed by atoms with Crippen LogP contribution >= 0.6 is 0 Å². The largest absolute Gasteiger partial charge is 0.393 e. The Labute approximate surface area is 120 Å². The lowest BCUT2D eigenvalue weighted by atomic mass is 9.61. The number of hydrogen-bond donors (Lipinski definition) is 9. The van der Waals surface area contributed by atoms with Gasteiger partial charge in [-0.2, -0.15) is 0 Å². The summed E-state index contributed by atoms with van der Waals surface area (Å²) >= 11 is 0. The molecule has 9 heteroatoms. The van der Waals surface area contributed by atoms with Crippen LogP contribution in [0.2, 0.25) is 0 Å². The van der Waals surface area contributed by atoms with Crippen molar-refractivity contribution in [3.63, 3.8) is 0 Å². The van der Waals surface area contributed by atoms with Gasteiger partial charge in [-0.15, -0.1) is 0 Å². The maximum Gasteiger partial charge on any atom is 0.150 e. The van der Waals surface area contributed by atoms with Gasteiger partial charge in [0.1, 0.15) is 36.1 Å². The van der Waals surface area contributed by atoms with Crippen LogP contribution in [0.25, 0.3) is 0 Å². The average Bonchev–Trinajstić information content (AvgIpc) is 2.39. The Morgan fingerprint density at radius 2 is 1.00 bits per heavy atom. The molecule has 0 radical (unpaired) electrons. The zero-order chi connectivity index (χ0) is 16.2. The van der Waals surface area contributed by atoms with E-state index in [1.54, 1.807) is 0 Å². The van der Waals surface area contributed by atoms with Crippen molar-refractivity contribution < 1.29 is 46.0 Å². The third-order valence-corrected chi connectivity index (χ3v) is 4.68. The lowest BCUT2D eigenvalue weighted by Crippen LogP contribution is -2.79. The van der Waals surface area contributed by atoms with Gasteiger partial charge in [-0.3, -0.25) is 0 Å². The molecule has 2 aliphatic carbocycles. The minimum Gasteiger partial charge on any atom is -0.393 e. The smallest absolute Gasteiger partial charge is 0.150 e. The maximum absolute atomic E-state index is 10.6. The van der Waals surface area contributed by atoms with Crippen LogP contribution in [-0.2, 0) is 0 Å². The molecule has 2 aliphatic rings. The van der Waals surface area contributed by atoms with Crippen LogP contribution in [0.15, 0.2) is 0 Å². The van der Waals surface area contributed by atoms with E-state index in [1.165, 1.54) is 0 Å². The number of rotatable bonds is 1. The van der Waals surface area contributed by atoms with Gasteiger partial charge in [0.15, 0.2) is 5.60 Å². The van der Waals surface area contributed by atoms with Crippen molar-refractivity contribution >= 4 is 0 Å². The Balaban J connectivity index is 2.42. The molecule has 0 aromatic carbocycles. The monoisotopic (exact) mass is 310 g/mol. The van der Waals surface area contributed by atoms with Crippen molar-refractivity contribution in [3.05, 3.63) is 0 Å². The molecule has 9 N–H and O–H groups in total. The average molecular weight is 310 g/mol. The molecule has 124 valence electrons. The van der Waals surface area contributed by atoms with Gasteiger partial charge in [0.05, 0.1) is 12.2 Å². The second kappa shape index (κ2) is 5.37. The first-order valence-corrected chi connectivity index (χ1v) is 6.76. The van der Waals surface area contributed by atoms with E-state index in [2.05, 4.69) is 0 Å². The van der Waals surface area contributed by atoms with Gasteiger partial charge in [-0.05, 0) is 6.42 Å². The van der Waals surface area contributed by atoms with Crippen LogP contribution in [0, 0.1) is 0 Å². The summed E-state index contributed by atoms with van der Waals surface area (Å²) in [6.07, 6.45) is -13.8. The van der Waals surface area contributed by atoms with E-state index in [1.807, 2.05) is 0 Å². The highest BCUT2D eigenvalue weighted by Gasteiger charge is 2.67. The summed E-state index contributed by atoms with van der Waals surface area (Å²) < 4.78 is 0. The molecule has 9 nitrogen and oxygen atoms in total. The Kier molecular flexibility index (Phi) is 4.35. The standard InChI is InChI=1S/C12H22O9/c13-4-1-5(14)3-11(20,2-4)12(21)9(18)7(16)6(15)8(17)10(12)19/h4-10,13-21H,1-3H2. The van der Waals surface area contributed by atoms with E-state index < -0.39 is 66.8 Å². The van der Waals surface area contributed by atoms with Crippen molar-refractivity contribution in [2.24, 2.45) is 0 Å². The first kappa shape index (κ1) is 17.0. The first-order chi connectivity index (χ1) is 9.54. The first-order valence-electron chi connectivity index (χ1n) is 6.76. The van der Waals surface area contributed by atoms with E-state index in [0.29, 0.717) is 0 Å². The summed E-state index contributed by atoms with van der Waals surface area (Å²) in [5.74, 6) is 0. The summed E-state index contributed by atoms with van der Waals surface area (Å²) in [5.41, 5.74) is -5.18. The van der Waals surface area contributed by atoms with Gasteiger partial charge in [0.2, 0.25) is 0 Å². The number of aliphatic hydroxyl groups is 9. The third-order valence-electron chi connectivity index (χ3n) is 4.68. The molecule has 0 saturated heterocycles. The van der Waals surface area contributed by atoms with E-state index in [-0.39, 0.29) is 6.42 Å². The molecule has 0 spiro atoms. The van der Waals surface area contributed by atoms with Gasteiger partial charge >= 0.3 is 0 Å². The minimum atomic E-state index is -2.83. The molecule has 6 unspecified atom stereocenters. The highest BCUT2D eigenvalue weighted by Crippen LogP contribution is 2.45. The highest BCUT2D eigenvalue weighted by atomic mass is 16.4. The van der Waals surface area contributed by atoms with E-state index in [9.17, 15) is 46.0 Å². The molecule has 0 aromatic rings. The molecule has 0 bridgehead atoms. The van der Waals surface area contributed by atoms with Crippen LogP contribution in [-0.4, -0.2) is 99.9 Å². The van der Waals surface area contributed by atoms with Gasteiger partial charge in [0, 0.05) is 12.8 Å². The normalized spacial score (nSPS) is 59.0. The van der Waals surface area contributed by atoms with Gasteiger partial charge < -0.3 is 46.0 Å². The predicted molar refractivity (Wildman–Crippen MR) is 65.8 cm³/mol. The third kappa shape index (κ3) is 2.38. The Hall–Kier alpha value is -0.360. The van der Waals surface area contributed by atoms with Crippen LogP contribution in [0.4, 0.5) is 0 Å². The summed E-state index contributed by atoms with van der Waals surface area (Å²) in [4.78, 5) is 0. The SMILES string of the molecule is OC1CC(O)CC(O)(C2(O)C(O)C(O)C(O)C(O)C2O)C1. The number of hydrogen-bond acceptors (Lipinski definition) is 9. The minimum absolute atomic E-state index is 0.0572. The topological polar surface area (TPSA) is 182 Å². The Bertz CT molecular complexity index is 363. The molecule has 0 aliphatic heterocycles. The fourth-order valence-electron chi connectivity index (χ4n) is 3.49. The van der Waals surface area contributed by atoms with Crippen molar-refractivity contribution in [1.29, 1.82) is 0 Å². The molecular weight excluding hydrogens is 288 g/mol. The molecule has 0 amide bonds. The fourth-order valence-corrected chi connectivity index (χ4v) is 3.49. The van der Waals surface area contributed by atoms with Crippen molar-refractivity contribution in [2.75, 3.05) is 0 Å². The molecule has 2 rings (SSSR count). The zero-order valence-corrected chi connectivity index (χ0v) is 11.2. The predicted octanol–water partition coefficient (Wildman–Crippen LogP) is -4.83. The summed E-state index contributed by atoms with van der Waals surface area (Å²) in [7, 11) is 0. The maximum atomic E-state index is 10.6. The van der Waals surface area contributed by atoms with Crippen LogP contribution in [0.3, 0.4) is 0 Å². The number of aliphatic hydroxyl groups excluding tert-OH is 7. The van der Waals surface area contributed by atoms with Crippen LogP contribution < -0.4 is 0 Å². The second-order valence-electron chi connectivity index (χ2n) is 6.17. The van der Waals surface area contributed by atoms with E-state index in [4.69, 9.17) is 0 Å². The van der Waals surface area contributed by atoms with Crippen molar-refractivity contribution in [3.8, 4) is 0 Å².